The Kier molecular flexibility index (Phi) is 11.0. The lowest BCUT2D eigenvalue weighted by Gasteiger charge is -2.48. The lowest BCUT2D eigenvalue weighted by atomic mass is 9.89. The van der Waals surface area contributed by atoms with Crippen molar-refractivity contribution in [3.05, 3.63) is 66.3 Å². The van der Waals surface area contributed by atoms with E-state index >= 15 is 0 Å². The second kappa shape index (κ2) is 14.2. The Hall–Kier alpha value is -3.10. The number of piperazine rings is 1. The molecule has 0 radical (unpaired) electrons. The van der Waals surface area contributed by atoms with E-state index < -0.39 is 5.54 Å². The molecule has 1 aliphatic carbocycles. The molecule has 1 aromatic carbocycles. The smallest absolute Gasteiger partial charge is 0.272 e. The summed E-state index contributed by atoms with van der Waals surface area (Å²) in [5.41, 5.74) is 0.129. The number of carbonyl (C=O) groups excluding carboxylic acids is 2. The minimum atomic E-state index is -1.10. The van der Waals surface area contributed by atoms with Crippen LogP contribution in [0.1, 0.15) is 71.3 Å². The molecular formula is C30H44N4O4. The summed E-state index contributed by atoms with van der Waals surface area (Å²) in [5.74, 6) is 7.30. The number of ketones is 1. The van der Waals surface area contributed by atoms with Crippen molar-refractivity contribution in [3.63, 3.8) is 0 Å². The van der Waals surface area contributed by atoms with Crippen LogP contribution in [0.15, 0.2) is 60.7 Å². The Labute approximate surface area is 227 Å². The van der Waals surface area contributed by atoms with Crippen molar-refractivity contribution in [2.24, 2.45) is 5.84 Å². The second-order valence-electron chi connectivity index (χ2n) is 10.3. The number of rotatable bonds is 12. The van der Waals surface area contributed by atoms with E-state index in [0.717, 1.165) is 24.2 Å². The Balaban J connectivity index is 1.83. The molecule has 38 heavy (non-hydrogen) atoms. The standard InChI is InChI=1S/C30H44N4O4/c1-5-19-38-23(3)13-18-27-29(36)33(21-24-14-16-26(17-15-24)37-6-2)30(4,22-34(27)31)28(35)20-32-25-11-9-7-8-10-12-25/h5,14-19,25,32H,3,6-13,20-22,31H2,1-2,4H3/b19-5-,27-18-. The predicted molar refractivity (Wildman–Crippen MR) is 150 cm³/mol. The van der Waals surface area contributed by atoms with E-state index in [1.807, 2.05) is 45.0 Å². The molecule has 1 aromatic rings. The number of Topliss-reactive ketones (excluding diaryl/α,β-unsaturated/α-hetero) is 1. The first kappa shape index (κ1) is 29.5. The van der Waals surface area contributed by atoms with E-state index in [9.17, 15) is 9.59 Å². The van der Waals surface area contributed by atoms with Crippen LogP contribution in [0.5, 0.6) is 5.75 Å². The molecular weight excluding hydrogens is 480 g/mol. The number of nitrogens with two attached hydrogens (primary N) is 1. The zero-order chi connectivity index (χ0) is 27.5. The highest BCUT2D eigenvalue weighted by molar-refractivity contribution is 6.01. The largest absolute Gasteiger partial charge is 0.494 e. The first-order valence-corrected chi connectivity index (χ1v) is 13.8. The van der Waals surface area contributed by atoms with Gasteiger partial charge in [-0.1, -0.05) is 50.5 Å². The quantitative estimate of drug-likeness (QED) is 0.179. The van der Waals surface area contributed by atoms with Gasteiger partial charge in [0.1, 0.15) is 17.0 Å². The number of ether oxygens (including phenoxy) is 2. The molecule has 1 aliphatic heterocycles. The highest BCUT2D eigenvalue weighted by Gasteiger charge is 2.48. The topological polar surface area (TPSA) is 97.1 Å². The van der Waals surface area contributed by atoms with Crippen LogP contribution in [0, 0.1) is 0 Å². The van der Waals surface area contributed by atoms with Crippen molar-refractivity contribution >= 4 is 11.7 Å². The maximum atomic E-state index is 13.9. The molecule has 2 aliphatic rings. The van der Waals surface area contributed by atoms with Crippen molar-refractivity contribution in [1.29, 1.82) is 0 Å². The number of benzene rings is 1. The molecule has 3 N–H and O–H groups in total. The number of hydrazine groups is 1. The molecule has 8 nitrogen and oxygen atoms in total. The van der Waals surface area contributed by atoms with Crippen LogP contribution in [-0.4, -0.2) is 52.9 Å². The molecule has 208 valence electrons. The van der Waals surface area contributed by atoms with Crippen LogP contribution in [0.25, 0.3) is 0 Å². The monoisotopic (exact) mass is 524 g/mol. The maximum Gasteiger partial charge on any atom is 0.272 e. The molecule has 3 rings (SSSR count). The number of allylic oxidation sites excluding steroid dienone is 2. The summed E-state index contributed by atoms with van der Waals surface area (Å²) in [6.45, 7) is 10.7. The average Bonchev–Trinajstić information content (AvgIpc) is 3.18. The predicted octanol–water partition coefficient (Wildman–Crippen LogP) is 4.58. The highest BCUT2D eigenvalue weighted by Crippen LogP contribution is 2.30. The van der Waals surface area contributed by atoms with E-state index in [4.69, 9.17) is 15.3 Å². The molecule has 0 bridgehead atoms. The van der Waals surface area contributed by atoms with E-state index in [1.165, 1.54) is 30.7 Å². The molecule has 0 aromatic heterocycles. The number of hydrogen-bond donors (Lipinski definition) is 2. The zero-order valence-electron chi connectivity index (χ0n) is 23.2. The number of nitrogens with one attached hydrogen (secondary N) is 1. The van der Waals surface area contributed by atoms with Crippen LogP contribution in [0.4, 0.5) is 0 Å². The van der Waals surface area contributed by atoms with Gasteiger partial charge in [-0.3, -0.25) is 9.59 Å². The van der Waals surface area contributed by atoms with Gasteiger partial charge in [0.25, 0.3) is 5.91 Å². The molecule has 0 spiro atoms. The molecule has 1 saturated heterocycles. The fourth-order valence-corrected chi connectivity index (χ4v) is 5.05. The van der Waals surface area contributed by atoms with Crippen LogP contribution in [0.3, 0.4) is 0 Å². The highest BCUT2D eigenvalue weighted by atomic mass is 16.5. The molecule has 1 amide bonds. The van der Waals surface area contributed by atoms with Gasteiger partial charge in [-0.15, -0.1) is 0 Å². The van der Waals surface area contributed by atoms with E-state index in [2.05, 4.69) is 11.9 Å². The molecule has 1 atom stereocenters. The van der Waals surface area contributed by atoms with Gasteiger partial charge in [-0.25, -0.2) is 5.84 Å². The molecule has 1 saturated carbocycles. The summed E-state index contributed by atoms with van der Waals surface area (Å²) in [6, 6.07) is 7.95. The van der Waals surface area contributed by atoms with Gasteiger partial charge in [-0.05, 0) is 57.4 Å². The van der Waals surface area contributed by atoms with Crippen molar-refractivity contribution in [2.45, 2.75) is 83.8 Å². The zero-order valence-corrected chi connectivity index (χ0v) is 23.2. The van der Waals surface area contributed by atoms with Gasteiger partial charge < -0.3 is 24.7 Å². The van der Waals surface area contributed by atoms with E-state index in [1.54, 1.807) is 23.3 Å². The third-order valence-corrected chi connectivity index (χ3v) is 7.32. The fraction of sp³-hybridized carbons (Fsp3) is 0.533. The summed E-state index contributed by atoms with van der Waals surface area (Å²) < 4.78 is 11.0. The summed E-state index contributed by atoms with van der Waals surface area (Å²) in [6.07, 6.45) is 12.4. The molecule has 2 fully saturated rings. The summed E-state index contributed by atoms with van der Waals surface area (Å²) >= 11 is 0. The van der Waals surface area contributed by atoms with Gasteiger partial charge in [0, 0.05) is 19.0 Å². The lowest BCUT2D eigenvalue weighted by Crippen LogP contribution is -2.68. The van der Waals surface area contributed by atoms with Crippen LogP contribution < -0.4 is 15.9 Å². The second-order valence-corrected chi connectivity index (χ2v) is 10.3. The van der Waals surface area contributed by atoms with Gasteiger partial charge in [0.15, 0.2) is 5.78 Å². The van der Waals surface area contributed by atoms with Gasteiger partial charge in [-0.2, -0.15) is 0 Å². The number of hydrogen-bond acceptors (Lipinski definition) is 7. The number of carbonyl (C=O) groups is 2. The van der Waals surface area contributed by atoms with Gasteiger partial charge >= 0.3 is 0 Å². The van der Waals surface area contributed by atoms with E-state index in [-0.39, 0.29) is 31.3 Å². The van der Waals surface area contributed by atoms with Gasteiger partial charge in [0.05, 0.1) is 31.7 Å². The van der Waals surface area contributed by atoms with E-state index in [0.29, 0.717) is 30.5 Å². The Morgan fingerprint density at radius 2 is 1.89 bits per heavy atom. The number of amides is 1. The molecule has 1 unspecified atom stereocenters. The average molecular weight is 525 g/mol. The summed E-state index contributed by atoms with van der Waals surface area (Å²) in [7, 11) is 0. The Bertz CT molecular complexity index is 1010. The minimum absolute atomic E-state index is 0.0450. The number of nitrogens with zero attached hydrogens (tertiary/aromatic N) is 2. The lowest BCUT2D eigenvalue weighted by molar-refractivity contribution is -0.150. The Morgan fingerprint density at radius 1 is 1.21 bits per heavy atom. The maximum absolute atomic E-state index is 13.9. The third kappa shape index (κ3) is 7.71. The van der Waals surface area contributed by atoms with Crippen molar-refractivity contribution in [1.82, 2.24) is 15.2 Å². The fourth-order valence-electron chi connectivity index (χ4n) is 5.05. The normalized spacial score (nSPS) is 22.1. The summed E-state index contributed by atoms with van der Waals surface area (Å²) in [4.78, 5) is 29.3. The first-order valence-electron chi connectivity index (χ1n) is 13.8. The van der Waals surface area contributed by atoms with Gasteiger partial charge in [0.2, 0.25) is 0 Å². The molecule has 8 heteroatoms. The van der Waals surface area contributed by atoms with Crippen LogP contribution in [-0.2, 0) is 20.9 Å². The third-order valence-electron chi connectivity index (χ3n) is 7.32. The van der Waals surface area contributed by atoms with Crippen molar-refractivity contribution in [3.8, 4) is 5.75 Å². The summed E-state index contributed by atoms with van der Waals surface area (Å²) in [5, 5.41) is 4.87. The first-order chi connectivity index (χ1) is 18.3. The molecule has 1 heterocycles. The van der Waals surface area contributed by atoms with Crippen molar-refractivity contribution in [2.75, 3.05) is 19.7 Å². The SMILES string of the molecule is C=C(C/C=C1/C(=O)N(Cc2ccc(OCC)cc2)C(C)(C(=O)CNC2CCCCCC2)CN1N)O/C=C\C. The minimum Gasteiger partial charge on any atom is -0.494 e. The Morgan fingerprint density at radius 3 is 2.53 bits per heavy atom. The van der Waals surface area contributed by atoms with Crippen LogP contribution >= 0.6 is 0 Å². The van der Waals surface area contributed by atoms with Crippen LogP contribution in [0.2, 0.25) is 0 Å². The van der Waals surface area contributed by atoms with Crippen molar-refractivity contribution < 1.29 is 19.1 Å².